The second-order valence-corrected chi connectivity index (χ2v) is 17.6. The van der Waals surface area contributed by atoms with Crippen molar-refractivity contribution in [3.63, 3.8) is 0 Å². The molecule has 12 nitrogen and oxygen atoms in total. The Hall–Kier alpha value is -2.96. The second-order valence-electron chi connectivity index (χ2n) is 15.4. The first-order valence-electron chi connectivity index (χ1n) is 19.0. The summed E-state index contributed by atoms with van der Waals surface area (Å²) in [5, 5.41) is 11.3. The Balaban J connectivity index is 1.80. The van der Waals surface area contributed by atoms with Gasteiger partial charge in [0.15, 0.2) is 9.84 Å². The van der Waals surface area contributed by atoms with Crippen LogP contribution in [-0.4, -0.2) is 91.1 Å². The molecule has 0 radical (unpaired) electrons. The Kier molecular flexibility index (Phi) is 16.2. The molecule has 1 unspecified atom stereocenters. The molecule has 3 atom stereocenters. The van der Waals surface area contributed by atoms with Gasteiger partial charge in [0.1, 0.15) is 12.1 Å². The number of carbonyl (C=O) groups excluding carboxylic acids is 5. The topological polar surface area (TPSA) is 171 Å². The lowest BCUT2D eigenvalue weighted by atomic mass is 9.82. The Labute approximate surface area is 300 Å². The van der Waals surface area contributed by atoms with Crippen LogP contribution in [0, 0.1) is 17.8 Å². The smallest absolute Gasteiger partial charge is 0.315 e. The maximum Gasteiger partial charge on any atom is 0.315 e. The van der Waals surface area contributed by atoms with E-state index in [0.29, 0.717) is 32.1 Å². The molecule has 3 rings (SSSR count). The van der Waals surface area contributed by atoms with Gasteiger partial charge in [0.2, 0.25) is 17.6 Å². The van der Waals surface area contributed by atoms with E-state index in [1.54, 1.807) is 6.92 Å². The van der Waals surface area contributed by atoms with Crippen LogP contribution in [0.5, 0.6) is 0 Å². The largest absolute Gasteiger partial charge is 0.346 e. The van der Waals surface area contributed by atoms with Gasteiger partial charge in [-0.15, -0.1) is 6.58 Å². The highest BCUT2D eigenvalue weighted by atomic mass is 32.2. The standard InChI is InChI=1S/C37H63N5O7S/c1-6-21-38-34(45)32(43)30(24-28-16-17-28)39-33(44)27(5)42(22-7-2)35(46)31(29-14-10-8-11-15-29)40-36(47)41-37(19-12-9-13-20-37)25-50(48,49)23-18-26(3)4/h6,26-31H,1,7-25H2,2-5H3,(H,38,45)(H,39,44)(H2,40,41,47)/t27-,30?,31-/m0/s1. The summed E-state index contributed by atoms with van der Waals surface area (Å²) in [5.74, 6) is -2.16. The average Bonchev–Trinajstić information content (AvgIpc) is 3.91. The third-order valence-electron chi connectivity index (χ3n) is 10.5. The fourth-order valence-corrected chi connectivity index (χ4v) is 9.56. The van der Waals surface area contributed by atoms with E-state index in [1.165, 1.54) is 11.0 Å². The number of rotatable bonds is 20. The number of hydrogen-bond donors (Lipinski definition) is 4. The van der Waals surface area contributed by atoms with E-state index in [4.69, 9.17) is 0 Å². The summed E-state index contributed by atoms with van der Waals surface area (Å²) in [6, 6.07) is -3.46. The Morgan fingerprint density at radius 3 is 2.14 bits per heavy atom. The maximum absolute atomic E-state index is 14.5. The van der Waals surface area contributed by atoms with Gasteiger partial charge in [0, 0.05) is 13.1 Å². The van der Waals surface area contributed by atoms with Crippen molar-refractivity contribution in [1.29, 1.82) is 0 Å². The van der Waals surface area contributed by atoms with Crippen molar-refractivity contribution in [2.24, 2.45) is 17.8 Å². The molecule has 0 aromatic carbocycles. The Bertz CT molecular complexity index is 1290. The van der Waals surface area contributed by atoms with Gasteiger partial charge in [-0.3, -0.25) is 19.2 Å². The van der Waals surface area contributed by atoms with Gasteiger partial charge in [-0.05, 0) is 69.6 Å². The van der Waals surface area contributed by atoms with Crippen LogP contribution >= 0.6 is 0 Å². The van der Waals surface area contributed by atoms with Crippen LogP contribution in [0.25, 0.3) is 0 Å². The van der Waals surface area contributed by atoms with Crippen molar-refractivity contribution < 1.29 is 32.4 Å². The van der Waals surface area contributed by atoms with E-state index in [1.807, 2.05) is 20.8 Å². The first-order chi connectivity index (χ1) is 23.7. The lowest BCUT2D eigenvalue weighted by Crippen LogP contribution is -2.63. The van der Waals surface area contributed by atoms with E-state index in [-0.39, 0.29) is 48.3 Å². The lowest BCUT2D eigenvalue weighted by molar-refractivity contribution is -0.144. The Morgan fingerprint density at radius 2 is 1.56 bits per heavy atom. The van der Waals surface area contributed by atoms with Crippen LogP contribution in [0.15, 0.2) is 12.7 Å². The van der Waals surface area contributed by atoms with Crippen molar-refractivity contribution in [2.45, 2.75) is 148 Å². The molecule has 3 saturated carbocycles. The highest BCUT2D eigenvalue weighted by Gasteiger charge is 2.42. The van der Waals surface area contributed by atoms with Crippen LogP contribution < -0.4 is 21.3 Å². The van der Waals surface area contributed by atoms with E-state index >= 15 is 0 Å². The van der Waals surface area contributed by atoms with Crippen LogP contribution in [0.2, 0.25) is 0 Å². The van der Waals surface area contributed by atoms with Crippen LogP contribution in [-0.2, 0) is 29.0 Å². The third-order valence-corrected chi connectivity index (χ3v) is 12.3. The van der Waals surface area contributed by atoms with Crippen molar-refractivity contribution in [3.8, 4) is 0 Å². The first kappa shape index (κ1) is 41.5. The zero-order valence-corrected chi connectivity index (χ0v) is 31.7. The van der Waals surface area contributed by atoms with Crippen LogP contribution in [0.1, 0.15) is 124 Å². The summed E-state index contributed by atoms with van der Waals surface area (Å²) >= 11 is 0. The molecule has 284 valence electrons. The molecule has 0 aromatic rings. The van der Waals surface area contributed by atoms with Gasteiger partial charge in [0.05, 0.1) is 23.1 Å². The number of amides is 5. The fraction of sp³-hybridized carbons (Fsp3) is 0.811. The monoisotopic (exact) mass is 721 g/mol. The number of Topliss-reactive ketones (excluding diaryl/α,β-unsaturated/α-hetero) is 1. The number of hydrogen-bond acceptors (Lipinski definition) is 7. The van der Waals surface area contributed by atoms with Gasteiger partial charge in [-0.1, -0.05) is 78.2 Å². The van der Waals surface area contributed by atoms with E-state index in [2.05, 4.69) is 27.8 Å². The molecule has 0 heterocycles. The number of nitrogens with zero attached hydrogens (tertiary/aromatic N) is 1. The summed E-state index contributed by atoms with van der Waals surface area (Å²) < 4.78 is 26.4. The normalized spacial score (nSPS) is 19.8. The highest BCUT2D eigenvalue weighted by molar-refractivity contribution is 7.91. The molecule has 0 bridgehead atoms. The highest BCUT2D eigenvalue weighted by Crippen LogP contribution is 2.34. The minimum absolute atomic E-state index is 0.0669. The molecule has 3 fully saturated rings. The summed E-state index contributed by atoms with van der Waals surface area (Å²) in [5.41, 5.74) is -0.907. The predicted molar refractivity (Wildman–Crippen MR) is 195 cm³/mol. The second kappa shape index (κ2) is 19.6. The van der Waals surface area contributed by atoms with Crippen molar-refractivity contribution in [1.82, 2.24) is 26.2 Å². The number of sulfone groups is 1. The molecular formula is C37H63N5O7S. The van der Waals surface area contributed by atoms with Gasteiger partial charge in [-0.25, -0.2) is 13.2 Å². The van der Waals surface area contributed by atoms with Gasteiger partial charge < -0.3 is 26.2 Å². The molecule has 0 saturated heterocycles. The average molecular weight is 722 g/mol. The SMILES string of the molecule is C=CCNC(=O)C(=O)C(CC1CC1)NC(=O)[C@H](C)N(CCC)C(=O)[C@@H](NC(=O)NC1(CS(=O)(=O)CCC(C)C)CCCCC1)C1CCCCC1. The van der Waals surface area contributed by atoms with Crippen LogP contribution in [0.3, 0.4) is 0 Å². The molecule has 0 aromatic heterocycles. The summed E-state index contributed by atoms with van der Waals surface area (Å²) in [6.45, 7) is 11.4. The number of urea groups is 1. The van der Waals surface area contributed by atoms with E-state index in [9.17, 15) is 32.4 Å². The summed E-state index contributed by atoms with van der Waals surface area (Å²) in [6.07, 6.45) is 12.8. The minimum Gasteiger partial charge on any atom is -0.346 e. The molecule has 0 spiro atoms. The molecule has 3 aliphatic rings. The van der Waals surface area contributed by atoms with Crippen molar-refractivity contribution >= 4 is 39.4 Å². The number of nitrogens with one attached hydrogen (secondary N) is 4. The molecule has 50 heavy (non-hydrogen) atoms. The summed E-state index contributed by atoms with van der Waals surface area (Å²) in [7, 11) is -3.43. The van der Waals surface area contributed by atoms with Crippen molar-refractivity contribution in [2.75, 3.05) is 24.6 Å². The van der Waals surface area contributed by atoms with Gasteiger partial charge >= 0.3 is 6.03 Å². The van der Waals surface area contributed by atoms with Gasteiger partial charge in [0.25, 0.3) is 5.91 Å². The molecule has 0 aliphatic heterocycles. The lowest BCUT2D eigenvalue weighted by Gasteiger charge is -2.40. The zero-order chi connectivity index (χ0) is 36.9. The predicted octanol–water partition coefficient (Wildman–Crippen LogP) is 4.18. The van der Waals surface area contributed by atoms with Crippen LogP contribution in [0.4, 0.5) is 4.79 Å². The van der Waals surface area contributed by atoms with Gasteiger partial charge in [-0.2, -0.15) is 0 Å². The van der Waals surface area contributed by atoms with Crippen molar-refractivity contribution in [3.05, 3.63) is 12.7 Å². The molecule has 5 amide bonds. The quantitative estimate of drug-likeness (QED) is 0.108. The molecule has 13 heteroatoms. The maximum atomic E-state index is 14.5. The third kappa shape index (κ3) is 13.0. The number of ketones is 1. The zero-order valence-electron chi connectivity index (χ0n) is 30.9. The summed E-state index contributed by atoms with van der Waals surface area (Å²) in [4.78, 5) is 69.0. The first-order valence-corrected chi connectivity index (χ1v) is 20.9. The van der Waals surface area contributed by atoms with E-state index < -0.39 is 57.1 Å². The Morgan fingerprint density at radius 1 is 0.920 bits per heavy atom. The molecule has 3 aliphatic carbocycles. The number of carbonyl (C=O) groups is 5. The minimum atomic E-state index is -3.43. The molecular weight excluding hydrogens is 659 g/mol. The molecule has 4 N–H and O–H groups in total. The fourth-order valence-electron chi connectivity index (χ4n) is 7.39. The van der Waals surface area contributed by atoms with E-state index in [0.717, 1.165) is 64.2 Å².